The first kappa shape index (κ1) is 7.10. The molecule has 0 aromatic heterocycles. The van der Waals surface area contributed by atoms with Gasteiger partial charge >= 0.3 is 0 Å². The Morgan fingerprint density at radius 2 is 2.36 bits per heavy atom. The van der Waals surface area contributed by atoms with Gasteiger partial charge in [0.05, 0.1) is 0 Å². The van der Waals surface area contributed by atoms with Crippen molar-refractivity contribution < 1.29 is 4.79 Å². The van der Waals surface area contributed by atoms with Crippen LogP contribution in [0.5, 0.6) is 0 Å². The van der Waals surface area contributed by atoms with Crippen LogP contribution in [0.4, 0.5) is 0 Å². The van der Waals surface area contributed by atoms with E-state index in [4.69, 9.17) is 0 Å². The van der Waals surface area contributed by atoms with Crippen LogP contribution in [0, 0.1) is 5.92 Å². The number of piperidine rings is 1. The minimum absolute atomic E-state index is 0.225. The predicted molar refractivity (Wildman–Crippen MR) is 42.2 cm³/mol. The van der Waals surface area contributed by atoms with E-state index in [9.17, 15) is 4.79 Å². The highest BCUT2D eigenvalue weighted by Gasteiger charge is 2.33. The van der Waals surface area contributed by atoms with E-state index in [0.717, 1.165) is 25.6 Å². The van der Waals surface area contributed by atoms with Crippen LogP contribution in [0.15, 0.2) is 0 Å². The second-order valence-electron chi connectivity index (χ2n) is 3.63. The third-order valence-corrected chi connectivity index (χ3v) is 2.68. The van der Waals surface area contributed by atoms with Crippen LogP contribution < -0.4 is 5.32 Å². The van der Waals surface area contributed by atoms with Crippen LogP contribution in [0.3, 0.4) is 0 Å². The number of hydrogen-bond donors (Lipinski definition) is 1. The lowest BCUT2D eigenvalue weighted by Gasteiger charge is -2.30. The summed E-state index contributed by atoms with van der Waals surface area (Å²) in [6.07, 6.45) is 1.27. The zero-order valence-electron chi connectivity index (χ0n) is 6.84. The quantitative estimate of drug-likeness (QED) is 0.525. The van der Waals surface area contributed by atoms with Crippen molar-refractivity contribution >= 4 is 5.91 Å². The fraction of sp³-hybridized carbons (Fsp3) is 0.875. The zero-order valence-corrected chi connectivity index (χ0v) is 6.84. The third kappa shape index (κ3) is 1.25. The first-order valence-corrected chi connectivity index (χ1v) is 4.24. The van der Waals surface area contributed by atoms with E-state index in [-0.39, 0.29) is 5.91 Å². The SMILES string of the molecule is CC(=O)N1CC2CNC(C2)C1. The molecule has 0 aromatic rings. The summed E-state index contributed by atoms with van der Waals surface area (Å²) in [7, 11) is 0. The van der Waals surface area contributed by atoms with Crippen LogP contribution in [0.25, 0.3) is 0 Å². The summed E-state index contributed by atoms with van der Waals surface area (Å²) < 4.78 is 0. The maximum Gasteiger partial charge on any atom is 0.219 e. The number of rotatable bonds is 0. The second kappa shape index (κ2) is 2.48. The van der Waals surface area contributed by atoms with Gasteiger partial charge in [-0.25, -0.2) is 0 Å². The standard InChI is InChI=1S/C8H14N2O/c1-6(11)10-4-7-2-8(5-10)9-3-7/h7-9H,2-5H2,1H3. The van der Waals surface area contributed by atoms with Gasteiger partial charge in [-0.2, -0.15) is 0 Å². The van der Waals surface area contributed by atoms with Crippen molar-refractivity contribution in [2.45, 2.75) is 19.4 Å². The third-order valence-electron chi connectivity index (χ3n) is 2.68. The van der Waals surface area contributed by atoms with Gasteiger partial charge in [0.15, 0.2) is 0 Å². The summed E-state index contributed by atoms with van der Waals surface area (Å²) in [5.41, 5.74) is 0. The summed E-state index contributed by atoms with van der Waals surface area (Å²) >= 11 is 0. The van der Waals surface area contributed by atoms with Crippen molar-refractivity contribution in [3.63, 3.8) is 0 Å². The Bertz CT molecular complexity index is 169. The number of amides is 1. The van der Waals surface area contributed by atoms with Gasteiger partial charge in [-0.3, -0.25) is 4.79 Å². The van der Waals surface area contributed by atoms with Crippen LogP contribution in [-0.4, -0.2) is 36.5 Å². The molecule has 11 heavy (non-hydrogen) atoms. The first-order chi connectivity index (χ1) is 5.25. The fourth-order valence-corrected chi connectivity index (χ4v) is 2.09. The van der Waals surface area contributed by atoms with Gasteiger partial charge in [-0.05, 0) is 12.3 Å². The smallest absolute Gasteiger partial charge is 0.219 e. The number of carbonyl (C=O) groups excluding carboxylic acids is 1. The van der Waals surface area contributed by atoms with Crippen LogP contribution in [-0.2, 0) is 4.79 Å². The van der Waals surface area contributed by atoms with Gasteiger partial charge in [0.2, 0.25) is 5.91 Å². The molecule has 2 atom stereocenters. The van der Waals surface area contributed by atoms with Crippen molar-refractivity contribution in [3.05, 3.63) is 0 Å². The van der Waals surface area contributed by atoms with E-state index in [1.807, 2.05) is 4.90 Å². The molecule has 2 saturated heterocycles. The molecule has 2 heterocycles. The van der Waals surface area contributed by atoms with Gasteiger partial charge in [0.1, 0.15) is 0 Å². The normalized spacial score (nSPS) is 35.9. The molecular weight excluding hydrogens is 140 g/mol. The molecule has 1 amide bonds. The predicted octanol–water partition coefficient (Wildman–Crippen LogP) is -0.173. The van der Waals surface area contributed by atoms with E-state index < -0.39 is 0 Å². The molecule has 0 spiro atoms. The van der Waals surface area contributed by atoms with Gasteiger partial charge < -0.3 is 10.2 Å². The molecule has 0 saturated carbocycles. The molecule has 3 nitrogen and oxygen atoms in total. The van der Waals surface area contributed by atoms with Gasteiger partial charge in [0.25, 0.3) is 0 Å². The maximum absolute atomic E-state index is 11.0. The topological polar surface area (TPSA) is 32.3 Å². The van der Waals surface area contributed by atoms with Crippen molar-refractivity contribution in [1.82, 2.24) is 10.2 Å². The Morgan fingerprint density at radius 1 is 1.55 bits per heavy atom. The van der Waals surface area contributed by atoms with Crippen LogP contribution in [0.2, 0.25) is 0 Å². The highest BCUT2D eigenvalue weighted by Crippen LogP contribution is 2.21. The second-order valence-corrected chi connectivity index (χ2v) is 3.63. The number of carbonyl (C=O) groups is 1. The molecule has 0 aromatic carbocycles. The van der Waals surface area contributed by atoms with Crippen LogP contribution in [0.1, 0.15) is 13.3 Å². The number of fused-ring (bicyclic) bond motifs is 2. The molecule has 2 bridgehead atoms. The molecule has 2 aliphatic rings. The molecule has 2 fully saturated rings. The molecule has 62 valence electrons. The molecular formula is C8H14N2O. The molecule has 0 radical (unpaired) electrons. The zero-order chi connectivity index (χ0) is 7.84. The first-order valence-electron chi connectivity index (χ1n) is 4.24. The number of nitrogens with one attached hydrogen (secondary N) is 1. The number of nitrogens with zero attached hydrogens (tertiary/aromatic N) is 1. The van der Waals surface area contributed by atoms with Gasteiger partial charge in [0, 0.05) is 32.6 Å². The largest absolute Gasteiger partial charge is 0.341 e. The van der Waals surface area contributed by atoms with Gasteiger partial charge in [-0.1, -0.05) is 0 Å². The van der Waals surface area contributed by atoms with Crippen molar-refractivity contribution in [3.8, 4) is 0 Å². The van der Waals surface area contributed by atoms with E-state index >= 15 is 0 Å². The summed E-state index contributed by atoms with van der Waals surface area (Å²) in [5, 5.41) is 3.41. The average Bonchev–Trinajstić information content (AvgIpc) is 2.30. The molecule has 2 aliphatic heterocycles. The molecule has 2 unspecified atom stereocenters. The van der Waals surface area contributed by atoms with E-state index in [2.05, 4.69) is 5.32 Å². The lowest BCUT2D eigenvalue weighted by molar-refractivity contribution is -0.130. The Hall–Kier alpha value is -0.570. The molecule has 2 rings (SSSR count). The monoisotopic (exact) mass is 154 g/mol. The average molecular weight is 154 g/mol. The van der Waals surface area contributed by atoms with Crippen molar-refractivity contribution in [2.24, 2.45) is 5.92 Å². The fourth-order valence-electron chi connectivity index (χ4n) is 2.09. The molecule has 3 heteroatoms. The number of hydrogen-bond acceptors (Lipinski definition) is 2. The van der Waals surface area contributed by atoms with E-state index in [0.29, 0.717) is 6.04 Å². The van der Waals surface area contributed by atoms with E-state index in [1.165, 1.54) is 6.42 Å². The van der Waals surface area contributed by atoms with Crippen molar-refractivity contribution in [2.75, 3.05) is 19.6 Å². The van der Waals surface area contributed by atoms with Crippen molar-refractivity contribution in [1.29, 1.82) is 0 Å². The van der Waals surface area contributed by atoms with E-state index in [1.54, 1.807) is 6.92 Å². The summed E-state index contributed by atoms with van der Waals surface area (Å²) in [6.45, 7) is 4.66. The Balaban J connectivity index is 2.02. The highest BCUT2D eigenvalue weighted by atomic mass is 16.2. The lowest BCUT2D eigenvalue weighted by Crippen LogP contribution is -2.43. The van der Waals surface area contributed by atoms with Gasteiger partial charge in [-0.15, -0.1) is 0 Å². The molecule has 1 N–H and O–H groups in total. The Morgan fingerprint density at radius 3 is 3.00 bits per heavy atom. The van der Waals surface area contributed by atoms with Crippen LogP contribution >= 0.6 is 0 Å². The highest BCUT2D eigenvalue weighted by molar-refractivity contribution is 5.73. The molecule has 0 aliphatic carbocycles. The minimum Gasteiger partial charge on any atom is -0.341 e. The maximum atomic E-state index is 11.0. The summed E-state index contributed by atoms with van der Waals surface area (Å²) in [6, 6.07) is 0.581. The minimum atomic E-state index is 0.225. The summed E-state index contributed by atoms with van der Waals surface area (Å²) in [5.74, 6) is 0.945. The summed E-state index contributed by atoms with van der Waals surface area (Å²) in [4.78, 5) is 13.0. The lowest BCUT2D eigenvalue weighted by atomic mass is 10.0. The Labute approximate surface area is 66.8 Å². The number of likely N-dealkylation sites (tertiary alicyclic amines) is 1. The Kier molecular flexibility index (Phi) is 1.60.